The zero-order chi connectivity index (χ0) is 21.9. The van der Waals surface area contributed by atoms with Gasteiger partial charge in [-0.2, -0.15) is 10.4 Å². The van der Waals surface area contributed by atoms with E-state index in [1.807, 2.05) is 24.3 Å². The van der Waals surface area contributed by atoms with Crippen LogP contribution in [0.5, 0.6) is 0 Å². The van der Waals surface area contributed by atoms with Gasteiger partial charge in [-0.15, -0.1) is 0 Å². The average molecular weight is 429 g/mol. The van der Waals surface area contributed by atoms with Crippen molar-refractivity contribution in [2.45, 2.75) is 19.6 Å². The Morgan fingerprint density at radius 2 is 1.94 bits per heavy atom. The maximum Gasteiger partial charge on any atom is 0.267 e. The lowest BCUT2D eigenvalue weighted by atomic mass is 10.1. The molecule has 5 heterocycles. The van der Waals surface area contributed by atoms with Crippen LogP contribution in [-0.2, 0) is 24.3 Å². The van der Waals surface area contributed by atoms with E-state index in [9.17, 15) is 10.1 Å². The van der Waals surface area contributed by atoms with Crippen LogP contribution in [0.1, 0.15) is 22.5 Å². The van der Waals surface area contributed by atoms with Crippen LogP contribution in [0, 0.1) is 11.3 Å². The molecule has 0 aliphatic carbocycles. The van der Waals surface area contributed by atoms with Gasteiger partial charge in [0.05, 0.1) is 36.7 Å². The van der Waals surface area contributed by atoms with E-state index in [1.165, 1.54) is 4.68 Å². The van der Waals surface area contributed by atoms with E-state index in [4.69, 9.17) is 9.72 Å². The molecule has 0 aromatic carbocycles. The van der Waals surface area contributed by atoms with Gasteiger partial charge >= 0.3 is 0 Å². The van der Waals surface area contributed by atoms with Gasteiger partial charge in [0.15, 0.2) is 0 Å². The molecule has 1 saturated heterocycles. The second kappa shape index (κ2) is 8.77. The van der Waals surface area contributed by atoms with Crippen LogP contribution in [0.4, 0.5) is 11.6 Å². The highest BCUT2D eigenvalue weighted by Crippen LogP contribution is 2.25. The van der Waals surface area contributed by atoms with Crippen LogP contribution in [0.2, 0.25) is 0 Å². The van der Waals surface area contributed by atoms with E-state index in [2.05, 4.69) is 26.0 Å². The summed E-state index contributed by atoms with van der Waals surface area (Å²) in [5.74, 6) is 1.51. The molecule has 2 aliphatic heterocycles. The number of piperazine rings is 1. The Morgan fingerprint density at radius 1 is 1.09 bits per heavy atom. The fraction of sp³-hybridized carbons (Fsp3) is 0.348. The minimum Gasteiger partial charge on any atom is -0.376 e. The molecule has 162 valence electrons. The number of nitriles is 1. The zero-order valence-electron chi connectivity index (χ0n) is 17.6. The molecule has 0 bridgehead atoms. The van der Waals surface area contributed by atoms with Crippen molar-refractivity contribution in [2.75, 3.05) is 42.6 Å². The molecule has 3 aromatic rings. The Bertz CT molecular complexity index is 1210. The first-order chi connectivity index (χ1) is 15.7. The Morgan fingerprint density at radius 3 is 2.72 bits per heavy atom. The van der Waals surface area contributed by atoms with Crippen LogP contribution in [0.3, 0.4) is 0 Å². The SMILES string of the molecule is N#Cc1cc2c(nc1N1CCN(c3ccc(=O)n(Cc4ccccn4)n3)CC1)CCOC2. The van der Waals surface area contributed by atoms with Gasteiger partial charge in [-0.1, -0.05) is 6.07 Å². The summed E-state index contributed by atoms with van der Waals surface area (Å²) in [5, 5.41) is 14.2. The van der Waals surface area contributed by atoms with Crippen molar-refractivity contribution in [1.82, 2.24) is 19.7 Å². The van der Waals surface area contributed by atoms with Gasteiger partial charge in [-0.25, -0.2) is 9.67 Å². The second-order valence-corrected chi connectivity index (χ2v) is 7.86. The van der Waals surface area contributed by atoms with Gasteiger partial charge < -0.3 is 14.5 Å². The summed E-state index contributed by atoms with van der Waals surface area (Å²) < 4.78 is 6.94. The summed E-state index contributed by atoms with van der Waals surface area (Å²) in [6.45, 7) is 4.41. The van der Waals surface area contributed by atoms with Crippen molar-refractivity contribution >= 4 is 11.6 Å². The molecule has 2 aliphatic rings. The standard InChI is InChI=1S/C23H23N7O2/c24-14-17-13-18-16-32-12-6-20(18)26-23(17)29-10-8-28(9-11-29)21-4-5-22(31)30(27-21)15-19-3-1-2-7-25-19/h1-5,7,13H,6,8-12,15-16H2. The Labute approximate surface area is 185 Å². The monoisotopic (exact) mass is 429 g/mol. The minimum atomic E-state index is -0.154. The number of aromatic nitrogens is 4. The third-order valence-corrected chi connectivity index (χ3v) is 5.83. The molecular formula is C23H23N7O2. The number of ether oxygens (including phenoxy) is 1. The highest BCUT2D eigenvalue weighted by atomic mass is 16.5. The maximum atomic E-state index is 12.3. The molecule has 3 aromatic heterocycles. The second-order valence-electron chi connectivity index (χ2n) is 7.86. The number of nitrogens with zero attached hydrogens (tertiary/aromatic N) is 7. The number of rotatable bonds is 4. The summed E-state index contributed by atoms with van der Waals surface area (Å²) in [6.07, 6.45) is 2.48. The van der Waals surface area contributed by atoms with Gasteiger partial charge in [0, 0.05) is 50.4 Å². The van der Waals surface area contributed by atoms with Gasteiger partial charge in [-0.05, 0) is 24.3 Å². The molecule has 0 radical (unpaired) electrons. The Balaban J connectivity index is 1.32. The van der Waals surface area contributed by atoms with Gasteiger partial charge in [0.1, 0.15) is 17.7 Å². The van der Waals surface area contributed by atoms with E-state index in [0.29, 0.717) is 25.3 Å². The predicted octanol–water partition coefficient (Wildman–Crippen LogP) is 1.35. The summed E-state index contributed by atoms with van der Waals surface area (Å²) >= 11 is 0. The van der Waals surface area contributed by atoms with E-state index in [1.54, 1.807) is 18.3 Å². The van der Waals surface area contributed by atoms with Crippen molar-refractivity contribution in [3.05, 3.63) is 75.5 Å². The summed E-state index contributed by atoms with van der Waals surface area (Å²) in [5.41, 5.74) is 3.26. The normalized spacial score (nSPS) is 15.8. The van der Waals surface area contributed by atoms with E-state index in [0.717, 1.165) is 61.2 Å². The first kappa shape index (κ1) is 20.2. The van der Waals surface area contributed by atoms with E-state index < -0.39 is 0 Å². The van der Waals surface area contributed by atoms with Gasteiger partial charge in [-0.3, -0.25) is 9.78 Å². The lowest BCUT2D eigenvalue weighted by molar-refractivity contribution is 0.109. The summed E-state index contributed by atoms with van der Waals surface area (Å²) in [6, 6.07) is 13.2. The smallest absolute Gasteiger partial charge is 0.267 e. The van der Waals surface area contributed by atoms with Gasteiger partial charge in [0.2, 0.25) is 0 Å². The first-order valence-corrected chi connectivity index (χ1v) is 10.7. The van der Waals surface area contributed by atoms with Crippen LogP contribution >= 0.6 is 0 Å². The quantitative estimate of drug-likeness (QED) is 0.613. The molecule has 0 spiro atoms. The molecule has 1 fully saturated rings. The molecule has 9 heteroatoms. The van der Waals surface area contributed by atoms with E-state index >= 15 is 0 Å². The molecule has 0 atom stereocenters. The van der Waals surface area contributed by atoms with Gasteiger partial charge in [0.25, 0.3) is 5.56 Å². The summed E-state index contributed by atoms with van der Waals surface area (Å²) in [4.78, 5) is 25.7. The molecule has 0 N–H and O–H groups in total. The van der Waals surface area contributed by atoms with E-state index in [-0.39, 0.29) is 5.56 Å². The predicted molar refractivity (Wildman–Crippen MR) is 119 cm³/mol. The number of hydrogen-bond acceptors (Lipinski definition) is 8. The maximum absolute atomic E-state index is 12.3. The van der Waals surface area contributed by atoms with Crippen molar-refractivity contribution in [3.63, 3.8) is 0 Å². The Kier molecular flexibility index (Phi) is 5.52. The van der Waals surface area contributed by atoms with Crippen molar-refractivity contribution in [2.24, 2.45) is 0 Å². The fourth-order valence-corrected chi connectivity index (χ4v) is 4.11. The average Bonchev–Trinajstić information content (AvgIpc) is 2.85. The third-order valence-electron chi connectivity index (χ3n) is 5.83. The fourth-order valence-electron chi connectivity index (χ4n) is 4.11. The molecule has 0 unspecified atom stereocenters. The molecule has 5 rings (SSSR count). The van der Waals surface area contributed by atoms with Crippen LogP contribution in [-0.4, -0.2) is 52.5 Å². The zero-order valence-corrected chi connectivity index (χ0v) is 17.6. The number of pyridine rings is 2. The highest BCUT2D eigenvalue weighted by molar-refractivity contribution is 5.57. The van der Waals surface area contributed by atoms with Crippen molar-refractivity contribution in [3.8, 4) is 6.07 Å². The van der Waals surface area contributed by atoms with Crippen LogP contribution < -0.4 is 15.4 Å². The molecular weight excluding hydrogens is 406 g/mol. The molecule has 9 nitrogen and oxygen atoms in total. The number of hydrogen-bond donors (Lipinski definition) is 0. The first-order valence-electron chi connectivity index (χ1n) is 10.7. The third kappa shape index (κ3) is 4.05. The van der Waals surface area contributed by atoms with Crippen molar-refractivity contribution < 1.29 is 4.74 Å². The van der Waals surface area contributed by atoms with Crippen molar-refractivity contribution in [1.29, 1.82) is 5.26 Å². The largest absolute Gasteiger partial charge is 0.376 e. The number of fused-ring (bicyclic) bond motifs is 1. The topological polar surface area (TPSA) is 100 Å². The Hall–Kier alpha value is -3.77. The lowest BCUT2D eigenvalue weighted by Gasteiger charge is -2.36. The highest BCUT2D eigenvalue weighted by Gasteiger charge is 2.24. The molecule has 0 amide bonds. The lowest BCUT2D eigenvalue weighted by Crippen LogP contribution is -2.48. The van der Waals surface area contributed by atoms with Crippen LogP contribution in [0.15, 0.2) is 47.4 Å². The summed E-state index contributed by atoms with van der Waals surface area (Å²) in [7, 11) is 0. The minimum absolute atomic E-state index is 0.154. The van der Waals surface area contributed by atoms with Crippen LogP contribution in [0.25, 0.3) is 0 Å². The molecule has 0 saturated carbocycles. The number of anilines is 2. The molecule has 32 heavy (non-hydrogen) atoms.